The number of carbonyl (C=O) groups excluding carboxylic acids is 1. The first-order chi connectivity index (χ1) is 12.2. The van der Waals surface area contributed by atoms with E-state index in [-0.39, 0.29) is 24.6 Å². The van der Waals surface area contributed by atoms with Crippen LogP contribution in [-0.4, -0.2) is 22.2 Å². The Morgan fingerprint density at radius 2 is 1.88 bits per heavy atom. The van der Waals surface area contributed by atoms with E-state index in [0.717, 1.165) is 18.2 Å². The van der Waals surface area contributed by atoms with Crippen molar-refractivity contribution in [2.75, 3.05) is 11.9 Å². The van der Waals surface area contributed by atoms with E-state index in [9.17, 15) is 9.59 Å². The molecule has 2 aromatic rings. The lowest BCUT2D eigenvalue weighted by Crippen LogP contribution is -2.22. The van der Waals surface area contributed by atoms with Gasteiger partial charge in [0, 0.05) is 35.6 Å². The van der Waals surface area contributed by atoms with E-state index in [1.54, 1.807) is 18.3 Å². The van der Waals surface area contributed by atoms with E-state index in [0.29, 0.717) is 23.4 Å². The van der Waals surface area contributed by atoms with E-state index in [4.69, 9.17) is 5.11 Å². The van der Waals surface area contributed by atoms with Crippen LogP contribution in [0.5, 0.6) is 0 Å². The van der Waals surface area contributed by atoms with E-state index in [2.05, 4.69) is 5.32 Å². The normalized spacial score (nSPS) is 15.9. The third kappa shape index (κ3) is 4.28. The molecular formula is C20H26N2O3. The van der Waals surface area contributed by atoms with Crippen LogP contribution in [0.3, 0.4) is 0 Å². The van der Waals surface area contributed by atoms with Crippen molar-refractivity contribution >= 4 is 22.4 Å². The first-order valence-electron chi connectivity index (χ1n) is 9.22. The number of hydrogen-bond donors (Lipinski definition) is 2. The van der Waals surface area contributed by atoms with Gasteiger partial charge in [0.1, 0.15) is 0 Å². The summed E-state index contributed by atoms with van der Waals surface area (Å²) in [6.45, 7) is 0.191. The van der Waals surface area contributed by atoms with Gasteiger partial charge in [-0.1, -0.05) is 31.7 Å². The van der Waals surface area contributed by atoms with Gasteiger partial charge < -0.3 is 15.0 Å². The molecule has 2 N–H and O–H groups in total. The van der Waals surface area contributed by atoms with Gasteiger partial charge in [-0.3, -0.25) is 9.59 Å². The minimum Gasteiger partial charge on any atom is -0.395 e. The Morgan fingerprint density at radius 3 is 2.60 bits per heavy atom. The van der Waals surface area contributed by atoms with Crippen LogP contribution in [0.1, 0.15) is 44.9 Å². The van der Waals surface area contributed by atoms with Crippen molar-refractivity contribution in [1.82, 2.24) is 4.57 Å². The number of amides is 1. The third-order valence-electron chi connectivity index (χ3n) is 5.08. The fourth-order valence-electron chi connectivity index (χ4n) is 3.74. The minimum absolute atomic E-state index is 0.0268. The molecule has 0 atom stereocenters. The van der Waals surface area contributed by atoms with Crippen LogP contribution in [0.2, 0.25) is 0 Å². The smallest absolute Gasteiger partial charge is 0.258 e. The van der Waals surface area contributed by atoms with Crippen LogP contribution >= 0.6 is 0 Å². The number of carbonyl (C=O) groups is 1. The Labute approximate surface area is 147 Å². The van der Waals surface area contributed by atoms with Crippen molar-refractivity contribution in [3.63, 3.8) is 0 Å². The zero-order valence-electron chi connectivity index (χ0n) is 14.5. The molecule has 0 radical (unpaired) electrons. The van der Waals surface area contributed by atoms with E-state index in [1.807, 2.05) is 12.1 Å². The molecule has 1 aromatic heterocycles. The Kier molecular flexibility index (Phi) is 5.87. The molecule has 0 bridgehead atoms. The summed E-state index contributed by atoms with van der Waals surface area (Å²) in [6.07, 6.45) is 9.49. The lowest BCUT2D eigenvalue weighted by Gasteiger charge is -2.15. The molecule has 1 amide bonds. The molecule has 0 aliphatic heterocycles. The average molecular weight is 342 g/mol. The summed E-state index contributed by atoms with van der Waals surface area (Å²) in [4.78, 5) is 24.9. The number of anilines is 1. The van der Waals surface area contributed by atoms with Crippen molar-refractivity contribution in [2.24, 2.45) is 5.92 Å². The Morgan fingerprint density at radius 1 is 1.12 bits per heavy atom. The minimum atomic E-state index is -0.147. The van der Waals surface area contributed by atoms with E-state index < -0.39 is 0 Å². The summed E-state index contributed by atoms with van der Waals surface area (Å²) < 4.78 is 1.49. The molecule has 1 saturated carbocycles. The second-order valence-electron chi connectivity index (χ2n) is 6.91. The second kappa shape index (κ2) is 8.30. The molecule has 1 aromatic carbocycles. The highest BCUT2D eigenvalue weighted by atomic mass is 16.3. The maximum Gasteiger partial charge on any atom is 0.258 e. The van der Waals surface area contributed by atoms with Gasteiger partial charge in [0.15, 0.2) is 0 Å². The molecule has 1 aliphatic carbocycles. The molecule has 0 spiro atoms. The van der Waals surface area contributed by atoms with Gasteiger partial charge >= 0.3 is 0 Å². The van der Waals surface area contributed by atoms with Crippen LogP contribution in [0.15, 0.2) is 35.3 Å². The van der Waals surface area contributed by atoms with Gasteiger partial charge in [-0.15, -0.1) is 0 Å². The standard InChI is InChI=1S/C20H26N2O3/c23-13-12-22-11-10-16-17(20(22)25)8-5-9-18(16)21-19(24)14-15-6-3-1-2-4-7-15/h5,8-11,15,23H,1-4,6-7,12-14H2,(H,21,24). The number of aliphatic hydroxyl groups is 1. The molecule has 25 heavy (non-hydrogen) atoms. The first-order valence-corrected chi connectivity index (χ1v) is 9.22. The molecule has 1 heterocycles. The van der Waals surface area contributed by atoms with Crippen LogP contribution in [0.4, 0.5) is 5.69 Å². The van der Waals surface area contributed by atoms with Gasteiger partial charge in [-0.2, -0.15) is 0 Å². The molecule has 1 fully saturated rings. The second-order valence-corrected chi connectivity index (χ2v) is 6.91. The van der Waals surface area contributed by atoms with Crippen molar-refractivity contribution in [3.05, 3.63) is 40.8 Å². The molecule has 0 unspecified atom stereocenters. The van der Waals surface area contributed by atoms with Crippen molar-refractivity contribution in [3.8, 4) is 0 Å². The van der Waals surface area contributed by atoms with Crippen molar-refractivity contribution in [2.45, 2.75) is 51.5 Å². The zero-order valence-corrected chi connectivity index (χ0v) is 14.5. The first kappa shape index (κ1) is 17.7. The van der Waals surface area contributed by atoms with Gasteiger partial charge in [0.25, 0.3) is 5.56 Å². The van der Waals surface area contributed by atoms with Crippen LogP contribution < -0.4 is 10.9 Å². The van der Waals surface area contributed by atoms with Crippen molar-refractivity contribution < 1.29 is 9.90 Å². The number of aromatic nitrogens is 1. The fraction of sp³-hybridized carbons (Fsp3) is 0.500. The molecule has 5 heteroatoms. The highest BCUT2D eigenvalue weighted by Gasteiger charge is 2.17. The molecule has 5 nitrogen and oxygen atoms in total. The molecule has 0 saturated heterocycles. The number of aliphatic hydroxyl groups excluding tert-OH is 1. The zero-order chi connectivity index (χ0) is 17.6. The van der Waals surface area contributed by atoms with Gasteiger partial charge in [0.05, 0.1) is 6.61 Å². The van der Waals surface area contributed by atoms with Gasteiger partial charge in [-0.25, -0.2) is 0 Å². The monoisotopic (exact) mass is 342 g/mol. The summed E-state index contributed by atoms with van der Waals surface area (Å²) >= 11 is 0. The number of fused-ring (bicyclic) bond motifs is 1. The highest BCUT2D eigenvalue weighted by Crippen LogP contribution is 2.27. The van der Waals surface area contributed by atoms with Gasteiger partial charge in [0.2, 0.25) is 5.91 Å². The Bertz CT molecular complexity index is 789. The van der Waals surface area contributed by atoms with E-state index >= 15 is 0 Å². The van der Waals surface area contributed by atoms with E-state index in [1.165, 1.54) is 30.3 Å². The lowest BCUT2D eigenvalue weighted by atomic mass is 9.96. The average Bonchev–Trinajstić information content (AvgIpc) is 2.86. The third-order valence-corrected chi connectivity index (χ3v) is 5.08. The maximum absolute atomic E-state index is 12.5. The van der Waals surface area contributed by atoms with Crippen LogP contribution in [-0.2, 0) is 11.3 Å². The summed E-state index contributed by atoms with van der Waals surface area (Å²) in [5.41, 5.74) is 0.538. The fourth-order valence-corrected chi connectivity index (χ4v) is 3.74. The number of nitrogens with zero attached hydrogens (tertiary/aromatic N) is 1. The molecule has 3 rings (SSSR count). The number of rotatable bonds is 5. The maximum atomic E-state index is 12.5. The summed E-state index contributed by atoms with van der Waals surface area (Å²) in [5, 5.41) is 13.3. The van der Waals surface area contributed by atoms with Crippen molar-refractivity contribution in [1.29, 1.82) is 0 Å². The molecule has 1 aliphatic rings. The number of benzene rings is 1. The predicted octanol–water partition coefficient (Wildman–Crippen LogP) is 3.29. The predicted molar refractivity (Wildman–Crippen MR) is 99.7 cm³/mol. The molecule has 134 valence electrons. The largest absolute Gasteiger partial charge is 0.395 e. The summed E-state index contributed by atoms with van der Waals surface area (Å²) in [6, 6.07) is 7.21. The number of nitrogens with one attached hydrogen (secondary N) is 1. The summed E-state index contributed by atoms with van der Waals surface area (Å²) in [7, 11) is 0. The highest BCUT2D eigenvalue weighted by molar-refractivity contribution is 6.01. The summed E-state index contributed by atoms with van der Waals surface area (Å²) in [5.74, 6) is 0.498. The van der Waals surface area contributed by atoms with Crippen LogP contribution in [0.25, 0.3) is 10.8 Å². The lowest BCUT2D eigenvalue weighted by molar-refractivity contribution is -0.117. The van der Waals surface area contributed by atoms with Crippen LogP contribution in [0, 0.1) is 5.92 Å². The Hall–Kier alpha value is -2.14. The SMILES string of the molecule is O=C(CC1CCCCCC1)Nc1cccc2c(=O)n(CCO)ccc12. The number of hydrogen-bond acceptors (Lipinski definition) is 3. The van der Waals surface area contributed by atoms with Gasteiger partial charge in [-0.05, 0) is 37.0 Å². The number of pyridine rings is 1. The topological polar surface area (TPSA) is 71.3 Å². The Balaban J connectivity index is 1.78. The molecular weight excluding hydrogens is 316 g/mol. The quantitative estimate of drug-likeness (QED) is 0.819.